The van der Waals surface area contributed by atoms with Gasteiger partial charge in [-0.1, -0.05) is 18.2 Å². The summed E-state index contributed by atoms with van der Waals surface area (Å²) in [5.41, 5.74) is 0.711. The number of carbonyl (C=O) groups is 2. The largest absolute Gasteiger partial charge is 0.508 e. The molecule has 1 atom stereocenters. The molecule has 0 aliphatic carbocycles. The van der Waals surface area contributed by atoms with E-state index in [1.54, 1.807) is 18.2 Å². The van der Waals surface area contributed by atoms with Crippen LogP contribution in [0.5, 0.6) is 5.75 Å². The van der Waals surface area contributed by atoms with Gasteiger partial charge in [-0.25, -0.2) is 4.79 Å². The first kappa shape index (κ1) is 14.8. The normalized spacial score (nSPS) is 11.6. The van der Waals surface area contributed by atoms with Gasteiger partial charge < -0.3 is 15.5 Å². The first-order valence-electron chi connectivity index (χ1n) is 5.94. The lowest BCUT2D eigenvalue weighted by atomic mass is 10.1. The molecule has 102 valence electrons. The van der Waals surface area contributed by atoms with Gasteiger partial charge >= 0.3 is 5.97 Å². The molecule has 3 N–H and O–H groups in total. The third kappa shape index (κ3) is 5.25. The van der Waals surface area contributed by atoms with Crippen LogP contribution in [0.2, 0.25) is 0 Å². The van der Waals surface area contributed by atoms with E-state index in [1.165, 1.54) is 12.1 Å². The van der Waals surface area contributed by atoms with Crippen molar-refractivity contribution in [2.45, 2.75) is 25.3 Å². The molecule has 0 bridgehead atoms. The molecule has 0 aromatic heterocycles. The molecule has 1 amide bonds. The number of amides is 1. The van der Waals surface area contributed by atoms with Crippen molar-refractivity contribution in [2.24, 2.45) is 0 Å². The van der Waals surface area contributed by atoms with Crippen LogP contribution >= 0.6 is 0 Å². The number of carbonyl (C=O) groups excluding carboxylic acids is 1. The zero-order chi connectivity index (χ0) is 14.3. The Hall–Kier alpha value is -2.30. The van der Waals surface area contributed by atoms with E-state index in [2.05, 4.69) is 11.9 Å². The van der Waals surface area contributed by atoms with E-state index in [4.69, 9.17) is 10.2 Å². The molecule has 0 saturated carbocycles. The average Bonchev–Trinajstić information content (AvgIpc) is 2.37. The van der Waals surface area contributed by atoms with E-state index >= 15 is 0 Å². The number of carboxylic acid groups (broad SMARTS) is 1. The summed E-state index contributed by atoms with van der Waals surface area (Å²) in [6.45, 7) is 3.52. The highest BCUT2D eigenvalue weighted by Gasteiger charge is 2.18. The number of rotatable bonds is 7. The number of phenols is 1. The van der Waals surface area contributed by atoms with Crippen LogP contribution in [0.15, 0.2) is 36.9 Å². The predicted molar refractivity (Wildman–Crippen MR) is 70.8 cm³/mol. The highest BCUT2D eigenvalue weighted by atomic mass is 16.4. The van der Waals surface area contributed by atoms with Crippen LogP contribution in [-0.4, -0.2) is 28.1 Å². The maximum Gasteiger partial charge on any atom is 0.326 e. The zero-order valence-corrected chi connectivity index (χ0v) is 10.5. The Kier molecular flexibility index (Phi) is 5.60. The van der Waals surface area contributed by atoms with Crippen LogP contribution < -0.4 is 5.32 Å². The lowest BCUT2D eigenvalue weighted by Crippen LogP contribution is -2.41. The number of phenolic OH excluding ortho intramolecular Hbond substituents is 1. The monoisotopic (exact) mass is 263 g/mol. The summed E-state index contributed by atoms with van der Waals surface area (Å²) < 4.78 is 0. The fraction of sp³-hybridized carbons (Fsp3) is 0.286. The molecular formula is C14H17NO4. The standard InChI is InChI=1S/C14H17NO4/c1-2-3-4-12(14(18)19)15-13(17)9-10-5-7-11(16)8-6-10/h2,5-8,12,16H,1,3-4,9H2,(H,15,17)(H,18,19). The Balaban J connectivity index is 2.54. The van der Waals surface area contributed by atoms with Crippen LogP contribution in [0.4, 0.5) is 0 Å². The maximum absolute atomic E-state index is 11.7. The van der Waals surface area contributed by atoms with Gasteiger partial charge in [-0.05, 0) is 30.5 Å². The molecule has 1 aromatic rings. The van der Waals surface area contributed by atoms with Crippen LogP contribution in [-0.2, 0) is 16.0 Å². The van der Waals surface area contributed by atoms with E-state index < -0.39 is 12.0 Å². The molecule has 19 heavy (non-hydrogen) atoms. The van der Waals surface area contributed by atoms with Gasteiger partial charge in [-0.2, -0.15) is 0 Å². The molecule has 0 fully saturated rings. The summed E-state index contributed by atoms with van der Waals surface area (Å²) in [7, 11) is 0. The van der Waals surface area contributed by atoms with Gasteiger partial charge in [0.25, 0.3) is 0 Å². The summed E-state index contributed by atoms with van der Waals surface area (Å²) in [6.07, 6.45) is 2.54. The maximum atomic E-state index is 11.7. The van der Waals surface area contributed by atoms with Crippen molar-refractivity contribution in [3.05, 3.63) is 42.5 Å². The molecule has 0 saturated heterocycles. The quantitative estimate of drug-likeness (QED) is 0.650. The SMILES string of the molecule is C=CCCC(NC(=O)Cc1ccc(O)cc1)C(=O)O. The topological polar surface area (TPSA) is 86.6 Å². The Bertz CT molecular complexity index is 453. The van der Waals surface area contributed by atoms with Crippen LogP contribution in [0.3, 0.4) is 0 Å². The van der Waals surface area contributed by atoms with Gasteiger partial charge in [0.1, 0.15) is 11.8 Å². The van der Waals surface area contributed by atoms with E-state index in [9.17, 15) is 9.59 Å². The smallest absolute Gasteiger partial charge is 0.326 e. The Morgan fingerprint density at radius 2 is 1.95 bits per heavy atom. The molecule has 0 spiro atoms. The molecule has 0 aliphatic rings. The average molecular weight is 263 g/mol. The van der Waals surface area contributed by atoms with Crippen molar-refractivity contribution in [1.29, 1.82) is 0 Å². The second-order valence-corrected chi connectivity index (χ2v) is 4.17. The van der Waals surface area contributed by atoms with Crippen LogP contribution in [0.25, 0.3) is 0 Å². The zero-order valence-electron chi connectivity index (χ0n) is 10.5. The number of aliphatic carboxylic acids is 1. The Labute approximate surface area is 111 Å². The van der Waals surface area contributed by atoms with Crippen LogP contribution in [0, 0.1) is 0 Å². The summed E-state index contributed by atoms with van der Waals surface area (Å²) in [5.74, 6) is -1.29. The number of benzene rings is 1. The van der Waals surface area contributed by atoms with Crippen molar-refractivity contribution in [1.82, 2.24) is 5.32 Å². The van der Waals surface area contributed by atoms with Gasteiger partial charge in [0.2, 0.25) is 5.91 Å². The predicted octanol–water partition coefficient (Wildman–Crippen LogP) is 1.47. The highest BCUT2D eigenvalue weighted by molar-refractivity contribution is 5.84. The second-order valence-electron chi connectivity index (χ2n) is 4.17. The van der Waals surface area contributed by atoms with Crippen molar-refractivity contribution in [3.63, 3.8) is 0 Å². The summed E-state index contributed by atoms with van der Waals surface area (Å²) in [5, 5.41) is 20.6. The Morgan fingerprint density at radius 1 is 1.32 bits per heavy atom. The molecule has 0 heterocycles. The minimum Gasteiger partial charge on any atom is -0.508 e. The lowest BCUT2D eigenvalue weighted by Gasteiger charge is -2.13. The van der Waals surface area contributed by atoms with E-state index in [1.807, 2.05) is 0 Å². The van der Waals surface area contributed by atoms with E-state index in [0.717, 1.165) is 0 Å². The Morgan fingerprint density at radius 3 is 2.47 bits per heavy atom. The van der Waals surface area contributed by atoms with Crippen molar-refractivity contribution < 1.29 is 19.8 Å². The number of allylic oxidation sites excluding steroid dienone is 1. The molecule has 5 nitrogen and oxygen atoms in total. The third-order valence-corrected chi connectivity index (χ3v) is 2.59. The number of carboxylic acids is 1. The minimum atomic E-state index is -1.05. The molecule has 5 heteroatoms. The van der Waals surface area contributed by atoms with Gasteiger partial charge in [0.15, 0.2) is 0 Å². The second kappa shape index (κ2) is 7.20. The van der Waals surface area contributed by atoms with Gasteiger partial charge in [0, 0.05) is 0 Å². The molecule has 1 unspecified atom stereocenters. The van der Waals surface area contributed by atoms with Gasteiger partial charge in [0.05, 0.1) is 6.42 Å². The number of aromatic hydroxyl groups is 1. The molecule has 1 aromatic carbocycles. The molecule has 0 aliphatic heterocycles. The molecule has 1 rings (SSSR count). The first-order chi connectivity index (χ1) is 9.02. The third-order valence-electron chi connectivity index (χ3n) is 2.59. The minimum absolute atomic E-state index is 0.0815. The van der Waals surface area contributed by atoms with Gasteiger partial charge in [-0.15, -0.1) is 6.58 Å². The van der Waals surface area contributed by atoms with Crippen molar-refractivity contribution in [2.75, 3.05) is 0 Å². The lowest BCUT2D eigenvalue weighted by molar-refractivity contribution is -0.141. The number of hydrogen-bond donors (Lipinski definition) is 3. The fourth-order valence-corrected chi connectivity index (χ4v) is 1.59. The molecular weight excluding hydrogens is 246 g/mol. The van der Waals surface area contributed by atoms with Crippen molar-refractivity contribution >= 4 is 11.9 Å². The summed E-state index contributed by atoms with van der Waals surface area (Å²) in [6, 6.07) is 5.30. The summed E-state index contributed by atoms with van der Waals surface area (Å²) >= 11 is 0. The fourth-order valence-electron chi connectivity index (χ4n) is 1.59. The first-order valence-corrected chi connectivity index (χ1v) is 5.94. The number of hydrogen-bond acceptors (Lipinski definition) is 3. The van der Waals surface area contributed by atoms with E-state index in [0.29, 0.717) is 18.4 Å². The van der Waals surface area contributed by atoms with E-state index in [-0.39, 0.29) is 18.1 Å². The van der Waals surface area contributed by atoms with Gasteiger partial charge in [-0.3, -0.25) is 4.79 Å². The molecule has 0 radical (unpaired) electrons. The highest BCUT2D eigenvalue weighted by Crippen LogP contribution is 2.10. The number of nitrogens with one attached hydrogen (secondary N) is 1. The van der Waals surface area contributed by atoms with Crippen LogP contribution in [0.1, 0.15) is 18.4 Å². The van der Waals surface area contributed by atoms with Crippen molar-refractivity contribution in [3.8, 4) is 5.75 Å². The summed E-state index contributed by atoms with van der Waals surface area (Å²) in [4.78, 5) is 22.7.